The van der Waals surface area contributed by atoms with Gasteiger partial charge in [0.1, 0.15) is 11.6 Å². The van der Waals surface area contributed by atoms with Crippen LogP contribution in [-0.4, -0.2) is 46.2 Å². The van der Waals surface area contributed by atoms with Crippen molar-refractivity contribution in [3.8, 4) is 0 Å². The van der Waals surface area contributed by atoms with Crippen molar-refractivity contribution >= 4 is 11.9 Å². The van der Waals surface area contributed by atoms with Crippen molar-refractivity contribution in [2.75, 3.05) is 13.2 Å². The van der Waals surface area contributed by atoms with Gasteiger partial charge >= 0.3 is 5.97 Å². The lowest BCUT2D eigenvalue weighted by Crippen LogP contribution is -2.43. The molecule has 1 aliphatic rings. The topological polar surface area (TPSA) is 121 Å². The molecule has 3 N–H and O–H groups in total. The van der Waals surface area contributed by atoms with Gasteiger partial charge in [-0.2, -0.15) is 0 Å². The van der Waals surface area contributed by atoms with Crippen LogP contribution in [0.25, 0.3) is 0 Å². The number of hydrogen-bond acceptors (Lipinski definition) is 5. The fraction of sp³-hybridized carbons (Fsp3) is 0.400. The number of carboxylic acids is 1. The van der Waals surface area contributed by atoms with Crippen molar-refractivity contribution in [3.05, 3.63) is 28.4 Å². The lowest BCUT2D eigenvalue weighted by Gasteiger charge is -2.14. The highest BCUT2D eigenvalue weighted by Gasteiger charge is 2.35. The van der Waals surface area contributed by atoms with Crippen molar-refractivity contribution in [1.29, 1.82) is 0 Å². The van der Waals surface area contributed by atoms with E-state index in [0.29, 0.717) is 0 Å². The molecule has 1 aliphatic heterocycles. The standard InChI is InChI=1S/C10H11N3O5/c14-8-2-11-6(1-12-8)9(15)13-7-4-18-3-5(7)10(16)17/h1-2,5,7H,3-4H2,(H,12,14)(H,13,15)(H,16,17). The Bertz CT molecular complexity index is 506. The summed E-state index contributed by atoms with van der Waals surface area (Å²) >= 11 is 0. The van der Waals surface area contributed by atoms with Crippen LogP contribution in [0.15, 0.2) is 17.2 Å². The highest BCUT2D eigenvalue weighted by molar-refractivity contribution is 5.92. The van der Waals surface area contributed by atoms with Crippen LogP contribution in [0.3, 0.4) is 0 Å². The summed E-state index contributed by atoms with van der Waals surface area (Å²) in [5.41, 5.74) is -0.398. The molecule has 0 radical (unpaired) electrons. The van der Waals surface area contributed by atoms with E-state index in [-0.39, 0.29) is 18.9 Å². The molecule has 2 atom stereocenters. The average Bonchev–Trinajstić information content (AvgIpc) is 2.78. The van der Waals surface area contributed by atoms with Crippen LogP contribution in [0.4, 0.5) is 0 Å². The van der Waals surface area contributed by atoms with Crippen LogP contribution in [-0.2, 0) is 9.53 Å². The lowest BCUT2D eigenvalue weighted by atomic mass is 10.0. The minimum atomic E-state index is -1.02. The number of hydrogen-bond donors (Lipinski definition) is 3. The van der Waals surface area contributed by atoms with E-state index in [1.165, 1.54) is 6.20 Å². The summed E-state index contributed by atoms with van der Waals surface area (Å²) < 4.78 is 5.01. The summed E-state index contributed by atoms with van der Waals surface area (Å²) in [6.07, 6.45) is 2.15. The Labute approximate surface area is 101 Å². The maximum Gasteiger partial charge on any atom is 0.311 e. The van der Waals surface area contributed by atoms with Crippen LogP contribution in [0.1, 0.15) is 10.5 Å². The molecule has 1 aromatic rings. The summed E-state index contributed by atoms with van der Waals surface area (Å²) in [6, 6.07) is -0.594. The molecule has 0 saturated carbocycles. The molecule has 1 aromatic heterocycles. The van der Waals surface area contributed by atoms with Crippen LogP contribution >= 0.6 is 0 Å². The largest absolute Gasteiger partial charge is 0.481 e. The Balaban J connectivity index is 2.05. The summed E-state index contributed by atoms with van der Waals surface area (Å²) in [4.78, 5) is 39.4. The maximum absolute atomic E-state index is 11.7. The fourth-order valence-electron chi connectivity index (χ4n) is 1.65. The van der Waals surface area contributed by atoms with Gasteiger partial charge in [-0.25, -0.2) is 4.98 Å². The Morgan fingerprint density at radius 3 is 2.89 bits per heavy atom. The molecule has 0 aromatic carbocycles. The molecule has 0 aliphatic carbocycles. The summed E-state index contributed by atoms with van der Waals surface area (Å²) in [7, 11) is 0. The average molecular weight is 253 g/mol. The molecule has 1 amide bonds. The van der Waals surface area contributed by atoms with Gasteiger partial charge in [-0.05, 0) is 0 Å². The summed E-state index contributed by atoms with van der Waals surface area (Å²) in [5.74, 6) is -2.34. The maximum atomic E-state index is 11.7. The second-order valence-corrected chi connectivity index (χ2v) is 3.86. The van der Waals surface area contributed by atoms with Crippen molar-refractivity contribution in [3.63, 3.8) is 0 Å². The zero-order valence-electron chi connectivity index (χ0n) is 9.25. The number of carboxylic acid groups (broad SMARTS) is 1. The molecule has 18 heavy (non-hydrogen) atoms. The molecule has 2 heterocycles. The van der Waals surface area contributed by atoms with E-state index >= 15 is 0 Å². The normalized spacial score (nSPS) is 22.7. The van der Waals surface area contributed by atoms with E-state index in [9.17, 15) is 14.4 Å². The molecule has 2 rings (SSSR count). The highest BCUT2D eigenvalue weighted by atomic mass is 16.5. The summed E-state index contributed by atoms with van der Waals surface area (Å²) in [6.45, 7) is 0.214. The Morgan fingerprint density at radius 1 is 1.50 bits per heavy atom. The zero-order valence-corrected chi connectivity index (χ0v) is 9.25. The van der Waals surface area contributed by atoms with Crippen molar-refractivity contribution in [1.82, 2.24) is 15.3 Å². The number of nitrogens with zero attached hydrogens (tertiary/aromatic N) is 1. The predicted molar refractivity (Wildman–Crippen MR) is 58.1 cm³/mol. The minimum Gasteiger partial charge on any atom is -0.481 e. The number of nitrogens with one attached hydrogen (secondary N) is 2. The third-order valence-electron chi connectivity index (χ3n) is 2.62. The second-order valence-electron chi connectivity index (χ2n) is 3.86. The quantitative estimate of drug-likeness (QED) is 0.609. The van der Waals surface area contributed by atoms with Crippen LogP contribution in [0.5, 0.6) is 0 Å². The molecular formula is C10H11N3O5. The minimum absolute atomic E-state index is 0.0191. The van der Waals surface area contributed by atoms with Gasteiger partial charge in [0.2, 0.25) is 0 Å². The van der Waals surface area contributed by atoms with Crippen LogP contribution in [0.2, 0.25) is 0 Å². The molecule has 0 bridgehead atoms. The first-order valence-corrected chi connectivity index (χ1v) is 5.24. The van der Waals surface area contributed by atoms with Gasteiger partial charge in [0.25, 0.3) is 11.5 Å². The summed E-state index contributed by atoms with van der Waals surface area (Å²) in [5, 5.41) is 11.4. The van der Waals surface area contributed by atoms with E-state index in [0.717, 1.165) is 6.20 Å². The van der Waals surface area contributed by atoms with Crippen LogP contribution < -0.4 is 10.9 Å². The molecular weight excluding hydrogens is 242 g/mol. The van der Waals surface area contributed by atoms with Crippen LogP contribution in [0, 0.1) is 5.92 Å². The van der Waals surface area contributed by atoms with Crippen molar-refractivity contribution in [2.24, 2.45) is 5.92 Å². The van der Waals surface area contributed by atoms with Gasteiger partial charge in [-0.1, -0.05) is 0 Å². The zero-order chi connectivity index (χ0) is 13.1. The van der Waals surface area contributed by atoms with E-state index in [2.05, 4.69) is 15.3 Å². The second kappa shape index (κ2) is 4.96. The Morgan fingerprint density at radius 2 is 2.28 bits per heavy atom. The first-order chi connectivity index (χ1) is 8.58. The fourth-order valence-corrected chi connectivity index (χ4v) is 1.65. The lowest BCUT2D eigenvalue weighted by molar-refractivity contribution is -0.142. The SMILES string of the molecule is O=C(NC1COCC1C(=O)O)c1c[nH]c(=O)cn1. The van der Waals surface area contributed by atoms with E-state index < -0.39 is 29.4 Å². The van der Waals surface area contributed by atoms with Gasteiger partial charge in [-0.15, -0.1) is 0 Å². The molecule has 8 nitrogen and oxygen atoms in total. The third kappa shape index (κ3) is 2.54. The third-order valence-corrected chi connectivity index (χ3v) is 2.62. The number of amides is 1. The van der Waals surface area contributed by atoms with Gasteiger partial charge in [0.15, 0.2) is 0 Å². The number of H-pyrrole nitrogens is 1. The number of carbonyl (C=O) groups excluding carboxylic acids is 1. The first kappa shape index (κ1) is 12.2. The van der Waals surface area contributed by atoms with Crippen molar-refractivity contribution < 1.29 is 19.4 Å². The first-order valence-electron chi connectivity index (χ1n) is 5.24. The monoisotopic (exact) mass is 253 g/mol. The smallest absolute Gasteiger partial charge is 0.311 e. The molecule has 1 saturated heterocycles. The van der Waals surface area contributed by atoms with E-state index in [1.54, 1.807) is 0 Å². The van der Waals surface area contributed by atoms with Gasteiger partial charge in [-0.3, -0.25) is 14.4 Å². The van der Waals surface area contributed by atoms with Gasteiger partial charge < -0.3 is 20.1 Å². The number of aliphatic carboxylic acids is 1. The van der Waals surface area contributed by atoms with E-state index in [4.69, 9.17) is 9.84 Å². The number of carbonyl (C=O) groups is 2. The number of ether oxygens (including phenoxy) is 1. The highest BCUT2D eigenvalue weighted by Crippen LogP contribution is 2.14. The molecule has 0 spiro atoms. The Hall–Kier alpha value is -2.22. The molecule has 96 valence electrons. The Kier molecular flexibility index (Phi) is 3.38. The number of aromatic nitrogens is 2. The number of rotatable bonds is 3. The van der Waals surface area contributed by atoms with Crippen molar-refractivity contribution in [2.45, 2.75) is 6.04 Å². The molecule has 1 fully saturated rings. The van der Waals surface area contributed by atoms with Gasteiger partial charge in [0, 0.05) is 6.20 Å². The predicted octanol–water partition coefficient (Wildman–Crippen LogP) is -1.40. The number of aromatic amines is 1. The molecule has 2 unspecified atom stereocenters. The molecule has 8 heteroatoms. The van der Waals surface area contributed by atoms with E-state index in [1.807, 2.05) is 0 Å². The van der Waals surface area contributed by atoms with Gasteiger partial charge in [0.05, 0.1) is 25.5 Å².